The maximum absolute atomic E-state index is 10.0. The second-order valence-electron chi connectivity index (χ2n) is 33.6. The van der Waals surface area contributed by atoms with Gasteiger partial charge in [-0.05, 0) is 192 Å². The number of hydrogen-bond acceptors (Lipinski definition) is 13. The summed E-state index contributed by atoms with van der Waals surface area (Å²) in [4.78, 5) is 41.0. The normalized spacial score (nSPS) is 10.6. The first-order chi connectivity index (χ1) is 69.9. The molecule has 0 unspecified atom stereocenters. The van der Waals surface area contributed by atoms with Crippen molar-refractivity contribution in [3.63, 3.8) is 0 Å². The van der Waals surface area contributed by atoms with E-state index >= 15 is 0 Å². The number of furan rings is 2. The number of carbonyl (C=O) groups is 1. The van der Waals surface area contributed by atoms with Crippen LogP contribution in [0.1, 0.15) is 38.8 Å². The number of aromatic nitrogens is 7. The molecular weight excluding hydrogens is 2540 g/mol. The second kappa shape index (κ2) is 53.0. The van der Waals surface area contributed by atoms with Crippen molar-refractivity contribution in [2.75, 3.05) is 0 Å². The van der Waals surface area contributed by atoms with Crippen LogP contribution in [0.2, 0.25) is 0 Å². The maximum Gasteiger partial charge on any atom is 0.155 e. The van der Waals surface area contributed by atoms with Crippen molar-refractivity contribution in [1.82, 2.24) is 34.9 Å². The smallest absolute Gasteiger partial charge is 0.155 e. The van der Waals surface area contributed by atoms with E-state index in [4.69, 9.17) is 13.9 Å². The number of ketones is 1. The molecule has 0 atom stereocenters. The van der Waals surface area contributed by atoms with Crippen LogP contribution in [-0.2, 0) is 91.6 Å². The summed E-state index contributed by atoms with van der Waals surface area (Å²) < 4.78 is 17.7. The van der Waals surface area contributed by atoms with Gasteiger partial charge in [0.25, 0.3) is 0 Å². The van der Waals surface area contributed by atoms with Crippen LogP contribution >= 0.6 is 22.7 Å². The standard InChI is InChI=1S/C24H16NO.2C23H14NS.C21H18NO.3C11H8N.C5H8O2.4Ir/c1-16-7-5-10-19-20-11-6-12-21(24(20)26-23(16)19)22-15-18(13-14-25-22)17-8-3-2-4-9-17;2*1-2-7-16(8-3-1)17-13-14-24-21(15-17)20-11-6-10-19-18-9-4-5-12-22(18)25-23(19)20;1-14(2)13-15-7-5-8-16-17-9-6-10-18(21(17)23-20(15)16)19-11-3-4-12-22-19;3*1-2-6-10(7-3-1)11-8-4-5-9-12-11;1-4(6)3-5(2)7;;;;/h2-11,13-15H,1H3;2*1-10,12-15H;3-9,11-12,14H,13H2,1-2H3;3*1-6,8-9H;3,6H,1-2H3;;;;/q7*-1;;;;;. The SMILES string of the molecule is CC(=O)C=C(C)O.CC(C)Cc1cccc2c1oc1c(-c3ccccn3)[c-]ccc12.Cc1cccc2c1oc1c(-c3cc(-c4ccccc4)ccn3)[c-]ccc12.[Ir].[Ir].[Ir].[Ir].[c-]1ccc2c(sc3ccccc32)c1-c1cc(-c2ccccc2)ccn1.[c-]1ccc2c(sc3ccccc32)c1-c1cc(-c2ccccc2)ccn1.[c-]1ccccc1-c1ccccn1.[c-]1ccccc1-c1ccccn1.[c-]1ccccc1-c1ccccn1. The van der Waals surface area contributed by atoms with E-state index in [0.717, 1.165) is 135 Å². The Morgan fingerprint density at radius 1 is 0.295 bits per heavy atom. The van der Waals surface area contributed by atoms with E-state index in [1.165, 1.54) is 99.0 Å². The van der Waals surface area contributed by atoms with Crippen molar-refractivity contribution >= 4 is 113 Å². The summed E-state index contributed by atoms with van der Waals surface area (Å²) in [6, 6.07) is 160. The van der Waals surface area contributed by atoms with E-state index in [1.54, 1.807) is 24.8 Å². The van der Waals surface area contributed by atoms with E-state index in [2.05, 4.69) is 298 Å². The quantitative estimate of drug-likeness (QED) is 0.0666. The van der Waals surface area contributed by atoms with E-state index in [0.29, 0.717) is 5.92 Å². The molecule has 4 radical (unpaired) electrons. The first-order valence-electron chi connectivity index (χ1n) is 46.7. The van der Waals surface area contributed by atoms with Crippen molar-refractivity contribution in [2.45, 2.75) is 41.0 Å². The van der Waals surface area contributed by atoms with Gasteiger partial charge in [-0.1, -0.05) is 277 Å². The Balaban J connectivity index is 0.000000135. The molecule has 146 heavy (non-hydrogen) atoms. The number of aliphatic hydroxyl groups excluding tert-OH is 1. The molecule has 0 aliphatic heterocycles. The molecule has 17 heteroatoms. The first-order valence-corrected chi connectivity index (χ1v) is 48.3. The van der Waals surface area contributed by atoms with Gasteiger partial charge in [-0.25, -0.2) is 0 Å². The number of pyridine rings is 7. The zero-order chi connectivity index (χ0) is 97.1. The molecule has 724 valence electrons. The number of thiophene rings is 2. The summed E-state index contributed by atoms with van der Waals surface area (Å²) in [6.07, 6.45) is 15.0. The van der Waals surface area contributed by atoms with Gasteiger partial charge in [0.1, 0.15) is 11.2 Å². The third-order valence-electron chi connectivity index (χ3n) is 23.2. The Morgan fingerprint density at radius 2 is 0.616 bits per heavy atom. The topological polar surface area (TPSA) is 154 Å². The Labute approximate surface area is 912 Å². The number of hydrogen-bond donors (Lipinski definition) is 1. The third kappa shape index (κ3) is 26.8. The molecule has 25 rings (SSSR count). The number of para-hydroxylation sites is 2. The molecule has 11 nitrogen and oxygen atoms in total. The van der Waals surface area contributed by atoms with E-state index in [1.807, 2.05) is 248 Å². The fraction of sp³-hybridized carbons (Fsp3) is 0.0543. The fourth-order valence-electron chi connectivity index (χ4n) is 16.6. The number of fused-ring (bicyclic) bond motifs is 12. The van der Waals surface area contributed by atoms with Crippen LogP contribution in [0, 0.1) is 55.3 Å². The molecule has 0 amide bonds. The van der Waals surface area contributed by atoms with E-state index < -0.39 is 0 Å². The van der Waals surface area contributed by atoms with Crippen molar-refractivity contribution in [1.29, 1.82) is 0 Å². The van der Waals surface area contributed by atoms with Crippen molar-refractivity contribution < 1.29 is 99.2 Å². The van der Waals surface area contributed by atoms with Gasteiger partial charge in [0.05, 0.1) is 16.9 Å². The van der Waals surface area contributed by atoms with Gasteiger partial charge in [-0.15, -0.1) is 192 Å². The molecule has 0 bridgehead atoms. The number of allylic oxidation sites excluding steroid dienone is 2. The minimum Gasteiger partial charge on any atom is -0.512 e. The van der Waals surface area contributed by atoms with Gasteiger partial charge in [-0.2, -0.15) is 22.7 Å². The first kappa shape index (κ1) is 107. The summed E-state index contributed by atoms with van der Waals surface area (Å²) in [5.74, 6) is 0.531. The average molecular weight is 2640 g/mol. The monoisotopic (exact) mass is 2640 g/mol. The molecule has 11 heterocycles. The fourth-order valence-corrected chi connectivity index (χ4v) is 19.0. The van der Waals surface area contributed by atoms with Gasteiger partial charge >= 0.3 is 0 Å². The molecule has 14 aromatic carbocycles. The number of rotatable bonds is 13. The van der Waals surface area contributed by atoms with Crippen LogP contribution in [0.15, 0.2) is 470 Å². The van der Waals surface area contributed by atoms with Crippen LogP contribution in [0.5, 0.6) is 0 Å². The van der Waals surface area contributed by atoms with Gasteiger partial charge in [0.2, 0.25) is 0 Å². The molecule has 0 spiro atoms. The Morgan fingerprint density at radius 3 is 0.986 bits per heavy atom. The van der Waals surface area contributed by atoms with Gasteiger partial charge < -0.3 is 48.8 Å². The van der Waals surface area contributed by atoms with Crippen LogP contribution in [-0.4, -0.2) is 45.8 Å². The summed E-state index contributed by atoms with van der Waals surface area (Å²) in [7, 11) is 0. The molecule has 0 aliphatic rings. The Bertz CT molecular complexity index is 8040. The summed E-state index contributed by atoms with van der Waals surface area (Å²) in [5, 5.41) is 18.1. The molecule has 11 aromatic heterocycles. The van der Waals surface area contributed by atoms with Crippen molar-refractivity contribution in [3.8, 4) is 112 Å². The molecule has 0 fully saturated rings. The van der Waals surface area contributed by atoms with Crippen LogP contribution in [0.25, 0.3) is 196 Å². The summed E-state index contributed by atoms with van der Waals surface area (Å²) in [5.41, 5.74) is 26.8. The molecular formula is C129H94Ir4N7O4S2-7. The van der Waals surface area contributed by atoms with Crippen LogP contribution in [0.4, 0.5) is 0 Å². The van der Waals surface area contributed by atoms with Gasteiger partial charge in [0.15, 0.2) is 5.78 Å². The number of benzene rings is 14. The largest absolute Gasteiger partial charge is 0.512 e. The number of aryl methyl sites for hydroxylation is 1. The zero-order valence-electron chi connectivity index (χ0n) is 80.0. The summed E-state index contributed by atoms with van der Waals surface area (Å²) >= 11 is 3.63. The molecule has 25 aromatic rings. The van der Waals surface area contributed by atoms with Gasteiger partial charge in [-0.3, -0.25) is 4.79 Å². The van der Waals surface area contributed by atoms with Gasteiger partial charge in [0, 0.05) is 150 Å². The maximum atomic E-state index is 10.0. The average Bonchev–Trinajstić information content (AvgIpc) is 1.39. The van der Waals surface area contributed by atoms with Crippen molar-refractivity contribution in [2.24, 2.45) is 5.92 Å². The predicted molar refractivity (Wildman–Crippen MR) is 587 cm³/mol. The zero-order valence-corrected chi connectivity index (χ0v) is 91.3. The van der Waals surface area contributed by atoms with E-state index in [-0.39, 0.29) is 92.0 Å². The Hall–Kier alpha value is -15.0. The summed E-state index contributed by atoms with van der Waals surface area (Å²) in [6.45, 7) is 9.38. The minimum atomic E-state index is -0.125. The second-order valence-corrected chi connectivity index (χ2v) is 35.7. The molecule has 0 aliphatic carbocycles. The van der Waals surface area contributed by atoms with E-state index in [9.17, 15) is 4.79 Å². The molecule has 1 N–H and O–H groups in total. The Kier molecular flexibility index (Phi) is 38.8. The number of carbonyl (C=O) groups excluding carboxylic acids is 1. The number of nitrogens with zero attached hydrogens (tertiary/aromatic N) is 7. The minimum absolute atomic E-state index is 0. The molecule has 0 saturated heterocycles. The molecule has 0 saturated carbocycles. The predicted octanol–water partition coefficient (Wildman–Crippen LogP) is 33.9. The van der Waals surface area contributed by atoms with Crippen LogP contribution in [0.3, 0.4) is 0 Å². The third-order valence-corrected chi connectivity index (χ3v) is 25.6. The number of aliphatic hydroxyl groups is 1. The van der Waals surface area contributed by atoms with Crippen LogP contribution < -0.4 is 0 Å². The van der Waals surface area contributed by atoms with Crippen molar-refractivity contribution in [3.05, 3.63) is 515 Å².